The fraction of sp³-hybridized carbons (Fsp3) is 0.619. The van der Waals surface area contributed by atoms with Gasteiger partial charge in [-0.15, -0.1) is 0 Å². The van der Waals surface area contributed by atoms with Crippen LogP contribution in [-0.2, 0) is 9.59 Å². The smallest absolute Gasteiger partial charge is 0.227 e. The van der Waals surface area contributed by atoms with Crippen molar-refractivity contribution in [2.75, 3.05) is 38.8 Å². The third kappa shape index (κ3) is 5.16. The van der Waals surface area contributed by atoms with Crippen LogP contribution in [0, 0.1) is 5.92 Å². The summed E-state index contributed by atoms with van der Waals surface area (Å²) >= 11 is 0. The molecule has 7 nitrogen and oxygen atoms in total. The number of anilines is 1. The molecular weight excluding hydrogens is 358 g/mol. The van der Waals surface area contributed by atoms with E-state index in [2.05, 4.69) is 37.9 Å². The van der Waals surface area contributed by atoms with Crippen LogP contribution < -0.4 is 19.7 Å². The van der Waals surface area contributed by atoms with E-state index in [4.69, 9.17) is 9.47 Å². The predicted octanol–water partition coefficient (Wildman–Crippen LogP) is 2.29. The van der Waals surface area contributed by atoms with E-state index in [0.29, 0.717) is 42.4 Å². The molecule has 1 saturated heterocycles. The Morgan fingerprint density at radius 1 is 1.18 bits per heavy atom. The lowest BCUT2D eigenvalue weighted by Crippen LogP contribution is -2.43. The van der Waals surface area contributed by atoms with Crippen LogP contribution >= 0.6 is 0 Å². The summed E-state index contributed by atoms with van der Waals surface area (Å²) in [6, 6.07) is 6.18. The first-order valence-corrected chi connectivity index (χ1v) is 9.84. The van der Waals surface area contributed by atoms with Gasteiger partial charge in [0.25, 0.3) is 0 Å². The third-order valence-corrected chi connectivity index (χ3v) is 5.17. The summed E-state index contributed by atoms with van der Waals surface area (Å²) in [6.07, 6.45) is 0.220. The zero-order valence-electron chi connectivity index (χ0n) is 17.8. The molecule has 2 amide bonds. The van der Waals surface area contributed by atoms with E-state index in [0.717, 1.165) is 6.54 Å². The highest BCUT2D eigenvalue weighted by molar-refractivity contribution is 6.00. The fourth-order valence-corrected chi connectivity index (χ4v) is 3.69. The maximum atomic E-state index is 12.6. The quantitative estimate of drug-likeness (QED) is 0.699. The number of carbonyl (C=O) groups excluding carboxylic acids is 2. The van der Waals surface area contributed by atoms with E-state index >= 15 is 0 Å². The number of hydrogen-bond acceptors (Lipinski definition) is 5. The maximum absolute atomic E-state index is 12.6. The van der Waals surface area contributed by atoms with Crippen molar-refractivity contribution >= 4 is 17.5 Å². The van der Waals surface area contributed by atoms with Gasteiger partial charge in [-0.1, -0.05) is 0 Å². The van der Waals surface area contributed by atoms with Crippen LogP contribution in [0.4, 0.5) is 5.69 Å². The van der Waals surface area contributed by atoms with Crippen LogP contribution in [0.15, 0.2) is 18.2 Å². The van der Waals surface area contributed by atoms with Crippen molar-refractivity contribution in [3.05, 3.63) is 18.2 Å². The van der Waals surface area contributed by atoms with Gasteiger partial charge in [0.1, 0.15) is 0 Å². The van der Waals surface area contributed by atoms with Crippen molar-refractivity contribution in [2.45, 2.75) is 46.2 Å². The van der Waals surface area contributed by atoms with E-state index in [1.807, 2.05) is 6.07 Å². The number of methoxy groups -OCH3 is 2. The summed E-state index contributed by atoms with van der Waals surface area (Å²) in [7, 11) is 3.12. The van der Waals surface area contributed by atoms with E-state index in [-0.39, 0.29) is 24.2 Å². The second-order valence-electron chi connectivity index (χ2n) is 7.66. The molecule has 1 unspecified atom stereocenters. The lowest BCUT2D eigenvalue weighted by atomic mass is 10.1. The van der Waals surface area contributed by atoms with Crippen LogP contribution in [-0.4, -0.2) is 62.7 Å². The van der Waals surface area contributed by atoms with Crippen molar-refractivity contribution in [2.24, 2.45) is 5.92 Å². The highest BCUT2D eigenvalue weighted by Gasteiger charge is 2.35. The Balaban J connectivity index is 1.95. The Morgan fingerprint density at radius 2 is 1.82 bits per heavy atom. The van der Waals surface area contributed by atoms with Crippen LogP contribution in [0.3, 0.4) is 0 Å². The van der Waals surface area contributed by atoms with Gasteiger partial charge in [-0.25, -0.2) is 0 Å². The first kappa shape index (κ1) is 22.0. The van der Waals surface area contributed by atoms with Gasteiger partial charge in [0.05, 0.1) is 20.1 Å². The number of nitrogens with one attached hydrogen (secondary N) is 1. The second-order valence-corrected chi connectivity index (χ2v) is 7.66. The predicted molar refractivity (Wildman–Crippen MR) is 110 cm³/mol. The molecule has 0 aromatic heterocycles. The zero-order chi connectivity index (χ0) is 20.8. The van der Waals surface area contributed by atoms with Crippen molar-refractivity contribution < 1.29 is 19.1 Å². The van der Waals surface area contributed by atoms with Gasteiger partial charge in [-0.3, -0.25) is 14.5 Å². The van der Waals surface area contributed by atoms with Gasteiger partial charge in [-0.2, -0.15) is 0 Å². The standard InChI is InChI=1S/C21H33N3O4/c1-14(2)23(15(3)4)10-9-22-21(26)16-11-20(25)24(13-16)17-7-8-18(27-5)19(12-17)28-6/h7-8,12,14-16H,9-11,13H2,1-6H3,(H,22,26). The molecule has 1 N–H and O–H groups in total. The largest absolute Gasteiger partial charge is 0.493 e. The minimum Gasteiger partial charge on any atom is -0.493 e. The highest BCUT2D eigenvalue weighted by atomic mass is 16.5. The van der Waals surface area contributed by atoms with Crippen LogP contribution in [0.1, 0.15) is 34.1 Å². The average Bonchev–Trinajstić information content (AvgIpc) is 3.05. The summed E-state index contributed by atoms with van der Waals surface area (Å²) in [5.41, 5.74) is 0.712. The van der Waals surface area contributed by atoms with Gasteiger partial charge >= 0.3 is 0 Å². The number of hydrogen-bond donors (Lipinski definition) is 1. The van der Waals surface area contributed by atoms with E-state index in [1.54, 1.807) is 31.3 Å². The molecule has 1 aromatic carbocycles. The first-order chi connectivity index (χ1) is 13.3. The Bertz CT molecular complexity index is 682. The number of nitrogens with zero attached hydrogens (tertiary/aromatic N) is 2. The molecule has 0 radical (unpaired) electrons. The molecule has 7 heteroatoms. The number of benzene rings is 1. The molecule has 2 rings (SSSR count). The summed E-state index contributed by atoms with van der Waals surface area (Å²) < 4.78 is 10.6. The van der Waals surface area contributed by atoms with Crippen molar-refractivity contribution in [3.63, 3.8) is 0 Å². The summed E-state index contributed by atoms with van der Waals surface area (Å²) in [6.45, 7) is 10.4. The van der Waals surface area contributed by atoms with Gasteiger partial charge in [0.15, 0.2) is 11.5 Å². The number of carbonyl (C=O) groups is 2. The molecule has 1 fully saturated rings. The molecule has 28 heavy (non-hydrogen) atoms. The van der Waals surface area contributed by atoms with Crippen LogP contribution in [0.25, 0.3) is 0 Å². The molecule has 1 aromatic rings. The lowest BCUT2D eigenvalue weighted by molar-refractivity contribution is -0.126. The highest BCUT2D eigenvalue weighted by Crippen LogP contribution is 2.34. The van der Waals surface area contributed by atoms with Gasteiger partial charge in [0, 0.05) is 49.9 Å². The molecule has 0 spiro atoms. The molecule has 1 aliphatic heterocycles. The van der Waals surface area contributed by atoms with Crippen LogP contribution in [0.5, 0.6) is 11.5 Å². The molecule has 1 aliphatic rings. The number of rotatable bonds is 9. The molecule has 1 atom stereocenters. The van der Waals surface area contributed by atoms with E-state index in [9.17, 15) is 9.59 Å². The van der Waals surface area contributed by atoms with Crippen molar-refractivity contribution in [1.82, 2.24) is 10.2 Å². The van der Waals surface area contributed by atoms with Gasteiger partial charge in [-0.05, 0) is 39.8 Å². The molecular formula is C21H33N3O4. The maximum Gasteiger partial charge on any atom is 0.227 e. The Hall–Kier alpha value is -2.28. The Morgan fingerprint density at radius 3 is 2.39 bits per heavy atom. The number of ether oxygens (including phenoxy) is 2. The fourth-order valence-electron chi connectivity index (χ4n) is 3.69. The SMILES string of the molecule is COc1ccc(N2CC(C(=O)NCCN(C(C)C)C(C)C)CC2=O)cc1OC. The summed E-state index contributed by atoms with van der Waals surface area (Å²) in [5.74, 6) is 0.699. The normalized spacial score (nSPS) is 17.0. The molecule has 1 heterocycles. The molecule has 0 saturated carbocycles. The van der Waals surface area contributed by atoms with Crippen molar-refractivity contribution in [1.29, 1.82) is 0 Å². The average molecular weight is 392 g/mol. The van der Waals surface area contributed by atoms with Crippen molar-refractivity contribution in [3.8, 4) is 11.5 Å². The van der Waals surface area contributed by atoms with Gasteiger partial charge < -0.3 is 19.7 Å². The Labute approximate surface area is 168 Å². The molecule has 156 valence electrons. The zero-order valence-corrected chi connectivity index (χ0v) is 17.8. The molecule has 0 bridgehead atoms. The van der Waals surface area contributed by atoms with E-state index in [1.165, 1.54) is 0 Å². The monoisotopic (exact) mass is 391 g/mol. The first-order valence-electron chi connectivity index (χ1n) is 9.84. The van der Waals surface area contributed by atoms with E-state index < -0.39 is 0 Å². The second kappa shape index (κ2) is 9.78. The minimum atomic E-state index is -0.341. The number of amides is 2. The Kier molecular flexibility index (Phi) is 7.69. The summed E-state index contributed by atoms with van der Waals surface area (Å²) in [5, 5.41) is 2.99. The summed E-state index contributed by atoms with van der Waals surface area (Å²) in [4.78, 5) is 29.0. The van der Waals surface area contributed by atoms with Gasteiger partial charge in [0.2, 0.25) is 11.8 Å². The topological polar surface area (TPSA) is 71.1 Å². The van der Waals surface area contributed by atoms with Crippen LogP contribution in [0.2, 0.25) is 0 Å². The third-order valence-electron chi connectivity index (χ3n) is 5.17. The minimum absolute atomic E-state index is 0.0571. The molecule has 0 aliphatic carbocycles. The lowest BCUT2D eigenvalue weighted by Gasteiger charge is -2.30.